The smallest absolute Gasteiger partial charge is 0.175 e. The lowest BCUT2D eigenvalue weighted by molar-refractivity contribution is 0.213. The lowest BCUT2D eigenvalue weighted by atomic mass is 10.1. The van der Waals surface area contributed by atoms with Crippen molar-refractivity contribution in [2.24, 2.45) is 5.73 Å². The van der Waals surface area contributed by atoms with Gasteiger partial charge in [0.2, 0.25) is 0 Å². The molecular formula is C15H16ClNO3S. The summed E-state index contributed by atoms with van der Waals surface area (Å²) in [6.07, 6.45) is 0.795. The SMILES string of the molecule is CS(=O)(=O)c1cccc(OC(CN)c2ccc(Cl)cc2)c1. The van der Waals surface area contributed by atoms with Gasteiger partial charge in [0.25, 0.3) is 0 Å². The van der Waals surface area contributed by atoms with Crippen LogP contribution in [-0.4, -0.2) is 21.2 Å². The van der Waals surface area contributed by atoms with Gasteiger partial charge in [-0.2, -0.15) is 0 Å². The van der Waals surface area contributed by atoms with E-state index in [0.29, 0.717) is 10.8 Å². The summed E-state index contributed by atoms with van der Waals surface area (Å²) in [6, 6.07) is 13.6. The van der Waals surface area contributed by atoms with Crippen LogP contribution in [0.3, 0.4) is 0 Å². The Morgan fingerprint density at radius 3 is 2.43 bits per heavy atom. The third-order valence-electron chi connectivity index (χ3n) is 2.97. The first kappa shape index (κ1) is 15.8. The van der Waals surface area contributed by atoms with Crippen LogP contribution in [0.25, 0.3) is 0 Å². The van der Waals surface area contributed by atoms with Crippen LogP contribution in [0.5, 0.6) is 5.75 Å². The second-order valence-electron chi connectivity index (χ2n) is 4.64. The Morgan fingerprint density at radius 1 is 1.19 bits per heavy atom. The van der Waals surface area contributed by atoms with Crippen molar-refractivity contribution in [3.05, 3.63) is 59.1 Å². The van der Waals surface area contributed by atoms with Crippen LogP contribution in [0.4, 0.5) is 0 Å². The average Bonchev–Trinajstić information content (AvgIpc) is 2.45. The minimum absolute atomic E-state index is 0.215. The fourth-order valence-corrected chi connectivity index (χ4v) is 2.65. The highest BCUT2D eigenvalue weighted by Gasteiger charge is 2.13. The molecule has 21 heavy (non-hydrogen) atoms. The molecule has 0 saturated carbocycles. The number of halogens is 1. The maximum atomic E-state index is 11.6. The molecule has 0 aliphatic rings. The quantitative estimate of drug-likeness (QED) is 0.917. The van der Waals surface area contributed by atoms with Crippen LogP contribution in [0.15, 0.2) is 53.4 Å². The van der Waals surface area contributed by atoms with E-state index in [-0.39, 0.29) is 17.5 Å². The lowest BCUT2D eigenvalue weighted by Crippen LogP contribution is -2.18. The average molecular weight is 326 g/mol. The van der Waals surface area contributed by atoms with Crippen LogP contribution in [0, 0.1) is 0 Å². The van der Waals surface area contributed by atoms with Gasteiger partial charge in [-0.25, -0.2) is 8.42 Å². The molecule has 0 aliphatic heterocycles. The van der Waals surface area contributed by atoms with Gasteiger partial charge in [-0.1, -0.05) is 29.8 Å². The minimum atomic E-state index is -3.27. The maximum absolute atomic E-state index is 11.6. The zero-order valence-electron chi connectivity index (χ0n) is 11.5. The summed E-state index contributed by atoms with van der Waals surface area (Å²) in [5.41, 5.74) is 6.62. The molecule has 0 radical (unpaired) electrons. The van der Waals surface area contributed by atoms with Crippen LogP contribution < -0.4 is 10.5 Å². The second kappa shape index (κ2) is 6.47. The van der Waals surface area contributed by atoms with Gasteiger partial charge in [-0.15, -0.1) is 0 Å². The normalized spacial score (nSPS) is 12.9. The predicted octanol–water partition coefficient (Wildman–Crippen LogP) is 2.82. The fourth-order valence-electron chi connectivity index (χ4n) is 1.87. The van der Waals surface area contributed by atoms with Crippen molar-refractivity contribution in [3.63, 3.8) is 0 Å². The van der Waals surface area contributed by atoms with E-state index in [9.17, 15) is 8.42 Å². The molecule has 0 bridgehead atoms. The van der Waals surface area contributed by atoms with E-state index < -0.39 is 9.84 Å². The molecule has 2 aromatic rings. The zero-order chi connectivity index (χ0) is 15.5. The first-order valence-electron chi connectivity index (χ1n) is 6.32. The summed E-state index contributed by atoms with van der Waals surface area (Å²) in [6.45, 7) is 0.269. The Hall–Kier alpha value is -1.56. The molecule has 2 N–H and O–H groups in total. The van der Waals surface area contributed by atoms with E-state index in [1.54, 1.807) is 24.3 Å². The number of nitrogens with two attached hydrogens (primary N) is 1. The number of sulfone groups is 1. The number of rotatable bonds is 5. The largest absolute Gasteiger partial charge is 0.484 e. The Morgan fingerprint density at radius 2 is 1.86 bits per heavy atom. The predicted molar refractivity (Wildman–Crippen MR) is 83.4 cm³/mol. The first-order chi connectivity index (χ1) is 9.90. The van der Waals surface area contributed by atoms with E-state index in [2.05, 4.69) is 0 Å². The molecule has 0 aliphatic carbocycles. The van der Waals surface area contributed by atoms with Crippen LogP contribution in [0.1, 0.15) is 11.7 Å². The van der Waals surface area contributed by atoms with Gasteiger partial charge in [0.05, 0.1) is 4.90 Å². The summed E-state index contributed by atoms with van der Waals surface area (Å²) in [5.74, 6) is 0.461. The fraction of sp³-hybridized carbons (Fsp3) is 0.200. The summed E-state index contributed by atoms with van der Waals surface area (Å²) < 4.78 is 28.9. The molecule has 0 amide bonds. The highest BCUT2D eigenvalue weighted by atomic mass is 35.5. The molecule has 1 unspecified atom stereocenters. The van der Waals surface area contributed by atoms with Crippen molar-refractivity contribution in [1.29, 1.82) is 0 Å². The van der Waals surface area contributed by atoms with Gasteiger partial charge in [-0.3, -0.25) is 0 Å². The van der Waals surface area contributed by atoms with E-state index in [1.807, 2.05) is 12.1 Å². The van der Waals surface area contributed by atoms with Crippen molar-refractivity contribution < 1.29 is 13.2 Å². The standard InChI is InChI=1S/C15H16ClNO3S/c1-21(18,19)14-4-2-3-13(9-14)20-15(10-17)11-5-7-12(16)8-6-11/h2-9,15H,10,17H2,1H3. The maximum Gasteiger partial charge on any atom is 0.175 e. The zero-order valence-corrected chi connectivity index (χ0v) is 13.1. The molecular weight excluding hydrogens is 310 g/mol. The van der Waals surface area contributed by atoms with E-state index >= 15 is 0 Å². The van der Waals surface area contributed by atoms with Crippen molar-refractivity contribution in [2.45, 2.75) is 11.0 Å². The Kier molecular flexibility index (Phi) is 4.88. The number of ether oxygens (including phenoxy) is 1. The molecule has 0 fully saturated rings. The van der Waals surface area contributed by atoms with Gasteiger partial charge < -0.3 is 10.5 Å². The monoisotopic (exact) mass is 325 g/mol. The molecule has 2 aromatic carbocycles. The Labute approximate surface area is 129 Å². The number of hydrogen-bond acceptors (Lipinski definition) is 4. The minimum Gasteiger partial charge on any atom is -0.484 e. The van der Waals surface area contributed by atoms with Gasteiger partial charge in [-0.05, 0) is 35.9 Å². The molecule has 1 atom stereocenters. The van der Waals surface area contributed by atoms with E-state index in [0.717, 1.165) is 11.8 Å². The molecule has 0 aromatic heterocycles. The van der Waals surface area contributed by atoms with Crippen molar-refractivity contribution in [3.8, 4) is 5.75 Å². The molecule has 0 heterocycles. The highest BCUT2D eigenvalue weighted by molar-refractivity contribution is 7.90. The molecule has 0 saturated heterocycles. The molecule has 112 valence electrons. The Bertz CT molecular complexity index is 714. The van der Waals surface area contributed by atoms with Gasteiger partial charge >= 0.3 is 0 Å². The molecule has 2 rings (SSSR count). The topological polar surface area (TPSA) is 69.4 Å². The first-order valence-corrected chi connectivity index (χ1v) is 8.59. The van der Waals surface area contributed by atoms with Crippen molar-refractivity contribution in [2.75, 3.05) is 12.8 Å². The summed E-state index contributed by atoms with van der Waals surface area (Å²) in [4.78, 5) is 0.215. The van der Waals surface area contributed by atoms with Gasteiger partial charge in [0.15, 0.2) is 9.84 Å². The second-order valence-corrected chi connectivity index (χ2v) is 7.09. The lowest BCUT2D eigenvalue weighted by Gasteiger charge is -2.18. The number of hydrogen-bond donors (Lipinski definition) is 1. The van der Waals surface area contributed by atoms with Crippen LogP contribution in [0.2, 0.25) is 5.02 Å². The summed E-state index contributed by atoms with van der Waals surface area (Å²) in [7, 11) is -3.27. The summed E-state index contributed by atoms with van der Waals surface area (Å²) >= 11 is 5.85. The molecule has 6 heteroatoms. The molecule has 4 nitrogen and oxygen atoms in total. The highest BCUT2D eigenvalue weighted by Crippen LogP contribution is 2.24. The third-order valence-corrected chi connectivity index (χ3v) is 4.33. The van der Waals surface area contributed by atoms with Crippen molar-refractivity contribution in [1.82, 2.24) is 0 Å². The van der Waals surface area contributed by atoms with Gasteiger partial charge in [0, 0.05) is 17.8 Å². The summed E-state index contributed by atoms with van der Waals surface area (Å²) in [5, 5.41) is 0.633. The van der Waals surface area contributed by atoms with E-state index in [4.69, 9.17) is 22.1 Å². The van der Waals surface area contributed by atoms with Crippen LogP contribution in [-0.2, 0) is 9.84 Å². The van der Waals surface area contributed by atoms with Crippen molar-refractivity contribution >= 4 is 21.4 Å². The van der Waals surface area contributed by atoms with E-state index in [1.165, 1.54) is 12.1 Å². The number of benzene rings is 2. The Balaban J connectivity index is 2.25. The third kappa shape index (κ3) is 4.20. The van der Waals surface area contributed by atoms with Crippen LogP contribution >= 0.6 is 11.6 Å². The molecule has 0 spiro atoms. The van der Waals surface area contributed by atoms with Gasteiger partial charge in [0.1, 0.15) is 11.9 Å².